The van der Waals surface area contributed by atoms with Crippen LogP contribution < -0.4 is 16.0 Å². The van der Waals surface area contributed by atoms with Gasteiger partial charge in [0.25, 0.3) is 0 Å². The van der Waals surface area contributed by atoms with Crippen molar-refractivity contribution in [2.24, 2.45) is 10.9 Å². The number of hydrogen-bond donors (Lipinski definition) is 3. The molecule has 2 fully saturated rings. The smallest absolute Gasteiger partial charge is 0.227 e. The Labute approximate surface area is 192 Å². The Kier molecular flexibility index (Phi) is 10.8. The van der Waals surface area contributed by atoms with Crippen molar-refractivity contribution in [2.75, 3.05) is 38.2 Å². The van der Waals surface area contributed by atoms with E-state index in [0.29, 0.717) is 13.2 Å². The van der Waals surface area contributed by atoms with E-state index < -0.39 is 0 Å². The predicted octanol–water partition coefficient (Wildman–Crippen LogP) is 3.85. The van der Waals surface area contributed by atoms with Gasteiger partial charge in [-0.2, -0.15) is 0 Å². The standard InChI is InChI=1S/C25H40N4O3/c1-2-26-25(27-14-8-15-31-19-23-13-7-16-32-23)28-18-20-9-6-12-22(17-20)29-24(30)21-10-4-3-5-11-21/h6,9,12,17,21,23H,2-5,7-8,10-11,13-16,18-19H2,1H3,(H,29,30)(H2,26,27,28). The quantitative estimate of drug-likeness (QED) is 0.274. The lowest BCUT2D eigenvalue weighted by Crippen LogP contribution is -2.38. The number of rotatable bonds is 11. The summed E-state index contributed by atoms with van der Waals surface area (Å²) in [5.74, 6) is 1.11. The molecule has 1 aliphatic carbocycles. The highest BCUT2D eigenvalue weighted by Gasteiger charge is 2.21. The van der Waals surface area contributed by atoms with E-state index in [9.17, 15) is 4.79 Å². The van der Waals surface area contributed by atoms with Crippen LogP contribution in [0.3, 0.4) is 0 Å². The maximum atomic E-state index is 12.5. The third kappa shape index (κ3) is 8.79. The van der Waals surface area contributed by atoms with Crippen LogP contribution in [-0.4, -0.2) is 50.9 Å². The predicted molar refractivity (Wildman–Crippen MR) is 129 cm³/mol. The number of benzene rings is 1. The molecule has 3 N–H and O–H groups in total. The number of carbonyl (C=O) groups excluding carboxylic acids is 1. The molecule has 7 nitrogen and oxygen atoms in total. The van der Waals surface area contributed by atoms with E-state index in [0.717, 1.165) is 88.5 Å². The molecule has 1 heterocycles. The molecule has 0 radical (unpaired) electrons. The first-order chi connectivity index (χ1) is 15.7. The van der Waals surface area contributed by atoms with Gasteiger partial charge in [0.15, 0.2) is 5.96 Å². The highest BCUT2D eigenvalue weighted by molar-refractivity contribution is 5.92. The van der Waals surface area contributed by atoms with Crippen LogP contribution in [0.2, 0.25) is 0 Å². The molecule has 0 spiro atoms. The van der Waals surface area contributed by atoms with E-state index in [4.69, 9.17) is 14.5 Å². The van der Waals surface area contributed by atoms with E-state index in [-0.39, 0.29) is 17.9 Å². The lowest BCUT2D eigenvalue weighted by molar-refractivity contribution is -0.120. The summed E-state index contributed by atoms with van der Waals surface area (Å²) in [6, 6.07) is 8.00. The van der Waals surface area contributed by atoms with E-state index in [1.807, 2.05) is 24.3 Å². The van der Waals surface area contributed by atoms with Gasteiger partial charge in [-0.3, -0.25) is 4.79 Å². The van der Waals surface area contributed by atoms with E-state index in [2.05, 4.69) is 22.9 Å². The summed E-state index contributed by atoms with van der Waals surface area (Å²) in [7, 11) is 0. The first kappa shape index (κ1) is 24.5. The van der Waals surface area contributed by atoms with Gasteiger partial charge >= 0.3 is 0 Å². The molecule has 1 aromatic carbocycles. The van der Waals surface area contributed by atoms with Gasteiger partial charge in [0.05, 0.1) is 19.3 Å². The minimum absolute atomic E-state index is 0.155. The van der Waals surface area contributed by atoms with Gasteiger partial charge in [-0.25, -0.2) is 4.99 Å². The van der Waals surface area contributed by atoms with Crippen molar-refractivity contribution < 1.29 is 14.3 Å². The zero-order valence-corrected chi connectivity index (χ0v) is 19.5. The molecule has 32 heavy (non-hydrogen) atoms. The summed E-state index contributed by atoms with van der Waals surface area (Å²) in [5.41, 5.74) is 1.93. The summed E-state index contributed by atoms with van der Waals surface area (Å²) in [5, 5.41) is 9.75. The molecule has 7 heteroatoms. The number of ether oxygens (including phenoxy) is 2. The number of guanidine groups is 1. The Morgan fingerprint density at radius 1 is 1.16 bits per heavy atom. The zero-order chi connectivity index (χ0) is 22.4. The molecule has 0 aromatic heterocycles. The van der Waals surface area contributed by atoms with Crippen LogP contribution in [0.1, 0.15) is 63.9 Å². The topological polar surface area (TPSA) is 84.0 Å². The van der Waals surface area contributed by atoms with Gasteiger partial charge in [-0.15, -0.1) is 0 Å². The number of nitrogens with one attached hydrogen (secondary N) is 3. The van der Waals surface area contributed by atoms with Gasteiger partial charge in [0.1, 0.15) is 0 Å². The molecule has 1 aromatic rings. The summed E-state index contributed by atoms with van der Waals surface area (Å²) in [6.45, 7) is 6.50. The van der Waals surface area contributed by atoms with Gasteiger partial charge in [0.2, 0.25) is 5.91 Å². The van der Waals surface area contributed by atoms with Crippen molar-refractivity contribution in [1.82, 2.24) is 10.6 Å². The maximum absolute atomic E-state index is 12.5. The van der Waals surface area contributed by atoms with Crippen molar-refractivity contribution in [3.8, 4) is 0 Å². The monoisotopic (exact) mass is 444 g/mol. The second kappa shape index (κ2) is 14.1. The summed E-state index contributed by atoms with van der Waals surface area (Å²) >= 11 is 0. The number of hydrogen-bond acceptors (Lipinski definition) is 4. The minimum atomic E-state index is 0.155. The minimum Gasteiger partial charge on any atom is -0.379 e. The molecule has 1 unspecified atom stereocenters. The third-order valence-corrected chi connectivity index (χ3v) is 6.02. The van der Waals surface area contributed by atoms with Crippen molar-refractivity contribution in [3.63, 3.8) is 0 Å². The number of amides is 1. The molecule has 1 amide bonds. The molecule has 1 saturated heterocycles. The second-order valence-electron chi connectivity index (χ2n) is 8.71. The van der Waals surface area contributed by atoms with Gasteiger partial charge in [0, 0.05) is 37.9 Å². The Morgan fingerprint density at radius 3 is 2.81 bits per heavy atom. The average molecular weight is 445 g/mol. The Morgan fingerprint density at radius 2 is 2.03 bits per heavy atom. The Hall–Kier alpha value is -2.12. The SMILES string of the molecule is CCNC(=NCc1cccc(NC(=O)C2CCCCC2)c1)NCCCOCC1CCCO1. The summed E-state index contributed by atoms with van der Waals surface area (Å²) in [4.78, 5) is 17.2. The van der Waals surface area contributed by atoms with Crippen LogP contribution in [0.25, 0.3) is 0 Å². The lowest BCUT2D eigenvalue weighted by atomic mass is 9.88. The maximum Gasteiger partial charge on any atom is 0.227 e. The summed E-state index contributed by atoms with van der Waals surface area (Å²) < 4.78 is 11.3. The van der Waals surface area contributed by atoms with Crippen LogP contribution in [0.4, 0.5) is 5.69 Å². The molecule has 1 aliphatic heterocycles. The van der Waals surface area contributed by atoms with Crippen LogP contribution in [0.15, 0.2) is 29.3 Å². The van der Waals surface area contributed by atoms with E-state index in [1.54, 1.807) is 0 Å². The van der Waals surface area contributed by atoms with Crippen molar-refractivity contribution >= 4 is 17.6 Å². The fourth-order valence-electron chi connectivity index (χ4n) is 4.24. The molecular formula is C25H40N4O3. The third-order valence-electron chi connectivity index (χ3n) is 6.02. The normalized spacial score (nSPS) is 19.7. The second-order valence-corrected chi connectivity index (χ2v) is 8.71. The highest BCUT2D eigenvalue weighted by Crippen LogP contribution is 2.25. The molecule has 2 aliphatic rings. The Bertz CT molecular complexity index is 713. The fraction of sp³-hybridized carbons (Fsp3) is 0.680. The van der Waals surface area contributed by atoms with Crippen LogP contribution >= 0.6 is 0 Å². The molecule has 1 saturated carbocycles. The van der Waals surface area contributed by atoms with Crippen molar-refractivity contribution in [2.45, 2.75) is 70.9 Å². The molecular weight excluding hydrogens is 404 g/mol. The van der Waals surface area contributed by atoms with E-state index >= 15 is 0 Å². The largest absolute Gasteiger partial charge is 0.379 e. The van der Waals surface area contributed by atoms with Crippen molar-refractivity contribution in [3.05, 3.63) is 29.8 Å². The average Bonchev–Trinajstić information content (AvgIpc) is 3.34. The zero-order valence-electron chi connectivity index (χ0n) is 19.5. The van der Waals surface area contributed by atoms with Crippen LogP contribution in [-0.2, 0) is 20.8 Å². The molecule has 178 valence electrons. The Balaban J connectivity index is 1.40. The van der Waals surface area contributed by atoms with Crippen LogP contribution in [0, 0.1) is 5.92 Å². The molecule has 0 bridgehead atoms. The number of anilines is 1. The number of carbonyl (C=O) groups is 1. The summed E-state index contributed by atoms with van der Waals surface area (Å²) in [6.07, 6.45) is 9.04. The van der Waals surface area contributed by atoms with Gasteiger partial charge in [-0.1, -0.05) is 31.4 Å². The first-order valence-electron chi connectivity index (χ1n) is 12.4. The van der Waals surface area contributed by atoms with Gasteiger partial charge < -0.3 is 25.4 Å². The van der Waals surface area contributed by atoms with E-state index in [1.165, 1.54) is 6.42 Å². The lowest BCUT2D eigenvalue weighted by Gasteiger charge is -2.20. The molecule has 1 atom stereocenters. The van der Waals surface area contributed by atoms with Crippen LogP contribution in [0.5, 0.6) is 0 Å². The van der Waals surface area contributed by atoms with Gasteiger partial charge in [-0.05, 0) is 56.7 Å². The fourth-order valence-corrected chi connectivity index (χ4v) is 4.24. The number of nitrogens with zero attached hydrogens (tertiary/aromatic N) is 1. The first-order valence-corrected chi connectivity index (χ1v) is 12.4. The highest BCUT2D eigenvalue weighted by atomic mass is 16.5. The number of aliphatic imine (C=N–C) groups is 1. The van der Waals surface area contributed by atoms with Crippen molar-refractivity contribution in [1.29, 1.82) is 0 Å². The molecule has 3 rings (SSSR count).